The number of carbonyl (C=O) groups is 1. The summed E-state index contributed by atoms with van der Waals surface area (Å²) < 4.78 is 15.6. The van der Waals surface area contributed by atoms with Crippen molar-refractivity contribution < 1.29 is 9.18 Å². The Morgan fingerprint density at radius 2 is 1.78 bits per heavy atom. The number of hydrogen-bond acceptors (Lipinski definition) is 5. The molecule has 1 aliphatic rings. The zero-order valence-corrected chi connectivity index (χ0v) is 20.7. The molecule has 36 heavy (non-hydrogen) atoms. The third-order valence-corrected chi connectivity index (χ3v) is 6.84. The van der Waals surface area contributed by atoms with Crippen LogP contribution in [0.25, 0.3) is 11.2 Å². The van der Waals surface area contributed by atoms with Gasteiger partial charge in [-0.25, -0.2) is 14.1 Å². The van der Waals surface area contributed by atoms with E-state index in [1.807, 2.05) is 29.2 Å². The number of piperidine rings is 1. The molecule has 0 spiro atoms. The smallest absolute Gasteiger partial charge is 0.281 e. The molecule has 1 amide bonds. The molecule has 1 saturated heterocycles. The number of likely N-dealkylation sites (tertiary alicyclic amines) is 1. The van der Waals surface area contributed by atoms with Gasteiger partial charge in [-0.2, -0.15) is 0 Å². The normalized spacial score (nSPS) is 14.9. The van der Waals surface area contributed by atoms with Crippen LogP contribution in [0.2, 0.25) is 0 Å². The fourth-order valence-corrected chi connectivity index (χ4v) is 4.62. The Bertz CT molecular complexity index is 1460. The number of aromatic amines is 1. The standard InChI is InChI=1S/C27H29FN6O2/c1-27(2,3)20-10-8-18(9-11-20)26(36)33-14-12-17(13-15-33)23-29-24-22(25(35)30-23)31-32-34(24)16-19-6-4-5-7-21(19)28/h4-11,17H,12-16H2,1-3H3,(H,29,30,35). The lowest BCUT2D eigenvalue weighted by atomic mass is 9.86. The minimum atomic E-state index is -0.368. The molecule has 5 rings (SSSR count). The van der Waals surface area contributed by atoms with E-state index in [-0.39, 0.29) is 40.7 Å². The lowest BCUT2D eigenvalue weighted by Gasteiger charge is -2.31. The van der Waals surface area contributed by atoms with E-state index in [2.05, 4.69) is 41.1 Å². The van der Waals surface area contributed by atoms with E-state index in [1.54, 1.807) is 18.2 Å². The molecule has 0 bridgehead atoms. The van der Waals surface area contributed by atoms with Crippen molar-refractivity contribution in [3.63, 3.8) is 0 Å². The molecule has 186 valence electrons. The van der Waals surface area contributed by atoms with Gasteiger partial charge in [-0.3, -0.25) is 9.59 Å². The number of nitrogens with zero attached hydrogens (tertiary/aromatic N) is 5. The molecule has 0 unspecified atom stereocenters. The summed E-state index contributed by atoms with van der Waals surface area (Å²) in [6, 6.07) is 14.2. The van der Waals surface area contributed by atoms with Gasteiger partial charge in [0.25, 0.3) is 11.5 Å². The summed E-state index contributed by atoms with van der Waals surface area (Å²) >= 11 is 0. The number of benzene rings is 2. The van der Waals surface area contributed by atoms with Gasteiger partial charge >= 0.3 is 0 Å². The molecule has 0 radical (unpaired) electrons. The quantitative estimate of drug-likeness (QED) is 0.468. The van der Waals surface area contributed by atoms with Crippen LogP contribution < -0.4 is 5.56 Å². The van der Waals surface area contributed by atoms with Crippen LogP contribution in [0.5, 0.6) is 0 Å². The van der Waals surface area contributed by atoms with Crippen LogP contribution in [-0.4, -0.2) is 48.9 Å². The predicted octanol–water partition coefficient (Wildman–Crippen LogP) is 4.02. The first-order chi connectivity index (χ1) is 17.2. The average Bonchev–Trinajstić information content (AvgIpc) is 3.28. The van der Waals surface area contributed by atoms with Crippen LogP contribution in [0.3, 0.4) is 0 Å². The number of rotatable bonds is 4. The van der Waals surface area contributed by atoms with Crippen molar-refractivity contribution in [1.29, 1.82) is 0 Å². The van der Waals surface area contributed by atoms with Crippen LogP contribution >= 0.6 is 0 Å². The number of carbonyl (C=O) groups excluding carboxylic acids is 1. The van der Waals surface area contributed by atoms with Crippen molar-refractivity contribution in [2.75, 3.05) is 13.1 Å². The number of hydrogen-bond donors (Lipinski definition) is 1. The summed E-state index contributed by atoms with van der Waals surface area (Å²) in [5.41, 5.74) is 2.42. The Morgan fingerprint density at radius 3 is 2.44 bits per heavy atom. The molecule has 1 aliphatic heterocycles. The van der Waals surface area contributed by atoms with Gasteiger partial charge in [0.1, 0.15) is 11.6 Å². The zero-order valence-electron chi connectivity index (χ0n) is 20.7. The molecule has 0 atom stereocenters. The highest BCUT2D eigenvalue weighted by molar-refractivity contribution is 5.94. The number of amides is 1. The Morgan fingerprint density at radius 1 is 1.08 bits per heavy atom. The second-order valence-electron chi connectivity index (χ2n) is 10.4. The first kappa shape index (κ1) is 23.8. The van der Waals surface area contributed by atoms with Crippen LogP contribution in [-0.2, 0) is 12.0 Å². The van der Waals surface area contributed by atoms with Gasteiger partial charge in [-0.1, -0.05) is 56.3 Å². The van der Waals surface area contributed by atoms with Gasteiger partial charge in [0.15, 0.2) is 11.2 Å². The maximum absolute atomic E-state index is 14.1. The monoisotopic (exact) mass is 488 g/mol. The third kappa shape index (κ3) is 4.65. The molecule has 3 heterocycles. The molecular weight excluding hydrogens is 459 g/mol. The molecular formula is C27H29FN6O2. The summed E-state index contributed by atoms with van der Waals surface area (Å²) in [4.78, 5) is 35.1. The van der Waals surface area contributed by atoms with Crippen LogP contribution in [0.1, 0.15) is 66.8 Å². The third-order valence-electron chi connectivity index (χ3n) is 6.84. The Labute approximate surface area is 208 Å². The van der Waals surface area contributed by atoms with Gasteiger partial charge in [-0.15, -0.1) is 5.10 Å². The van der Waals surface area contributed by atoms with Crippen LogP contribution in [0, 0.1) is 5.82 Å². The molecule has 1 fully saturated rings. The Balaban J connectivity index is 1.31. The number of fused-ring (bicyclic) bond motifs is 1. The molecule has 2 aromatic carbocycles. The van der Waals surface area contributed by atoms with E-state index in [4.69, 9.17) is 0 Å². The van der Waals surface area contributed by atoms with Crippen LogP contribution in [0.15, 0.2) is 53.3 Å². The molecule has 1 N–H and O–H groups in total. The van der Waals surface area contributed by atoms with Crippen LogP contribution in [0.4, 0.5) is 4.39 Å². The lowest BCUT2D eigenvalue weighted by Crippen LogP contribution is -2.38. The van der Waals surface area contributed by atoms with Crippen molar-refractivity contribution in [2.24, 2.45) is 0 Å². The zero-order chi connectivity index (χ0) is 25.4. The highest BCUT2D eigenvalue weighted by atomic mass is 19.1. The molecule has 4 aromatic rings. The predicted molar refractivity (Wildman–Crippen MR) is 134 cm³/mol. The van der Waals surface area contributed by atoms with E-state index in [0.717, 1.165) is 0 Å². The molecule has 2 aromatic heterocycles. The fourth-order valence-electron chi connectivity index (χ4n) is 4.62. The average molecular weight is 489 g/mol. The van der Waals surface area contributed by atoms with E-state index in [0.29, 0.717) is 48.5 Å². The molecule has 0 saturated carbocycles. The van der Waals surface area contributed by atoms with Crippen molar-refractivity contribution in [1.82, 2.24) is 29.9 Å². The molecule has 0 aliphatic carbocycles. The summed E-state index contributed by atoms with van der Waals surface area (Å²) in [7, 11) is 0. The first-order valence-corrected chi connectivity index (χ1v) is 12.2. The summed E-state index contributed by atoms with van der Waals surface area (Å²) in [5.74, 6) is 0.201. The van der Waals surface area contributed by atoms with Gasteiger partial charge in [-0.05, 0) is 42.0 Å². The number of halogens is 1. The van der Waals surface area contributed by atoms with Crippen molar-refractivity contribution in [2.45, 2.75) is 51.5 Å². The summed E-state index contributed by atoms with van der Waals surface area (Å²) in [6.07, 6.45) is 1.35. The van der Waals surface area contributed by atoms with Gasteiger partial charge in [0.2, 0.25) is 0 Å². The SMILES string of the molecule is CC(C)(C)c1ccc(C(=O)N2CCC(c3nc4c(nnn4Cc4ccccc4F)c(=O)[nH]3)CC2)cc1. The highest BCUT2D eigenvalue weighted by Crippen LogP contribution is 2.27. The number of aromatic nitrogens is 5. The van der Waals surface area contributed by atoms with E-state index < -0.39 is 0 Å². The summed E-state index contributed by atoms with van der Waals surface area (Å²) in [5, 5.41) is 7.99. The van der Waals surface area contributed by atoms with E-state index in [1.165, 1.54) is 16.3 Å². The fraction of sp³-hybridized carbons (Fsp3) is 0.370. The maximum atomic E-state index is 14.1. The van der Waals surface area contributed by atoms with Crippen molar-refractivity contribution in [3.8, 4) is 0 Å². The lowest BCUT2D eigenvalue weighted by molar-refractivity contribution is 0.0711. The van der Waals surface area contributed by atoms with Gasteiger partial charge in [0.05, 0.1) is 6.54 Å². The maximum Gasteiger partial charge on any atom is 0.281 e. The second kappa shape index (κ2) is 9.29. The largest absolute Gasteiger partial charge is 0.339 e. The number of nitrogens with one attached hydrogen (secondary N) is 1. The topological polar surface area (TPSA) is 96.8 Å². The summed E-state index contributed by atoms with van der Waals surface area (Å²) in [6.45, 7) is 7.70. The van der Waals surface area contributed by atoms with Crippen molar-refractivity contribution in [3.05, 3.63) is 87.2 Å². The van der Waals surface area contributed by atoms with Gasteiger partial charge in [0, 0.05) is 30.1 Å². The second-order valence-corrected chi connectivity index (χ2v) is 10.4. The minimum Gasteiger partial charge on any atom is -0.339 e. The Kier molecular flexibility index (Phi) is 6.15. The highest BCUT2D eigenvalue weighted by Gasteiger charge is 2.27. The van der Waals surface area contributed by atoms with Crippen molar-refractivity contribution >= 4 is 17.1 Å². The molecule has 9 heteroatoms. The minimum absolute atomic E-state index is 0.00812. The first-order valence-electron chi connectivity index (χ1n) is 12.2. The molecule has 8 nitrogen and oxygen atoms in total. The van der Waals surface area contributed by atoms with E-state index in [9.17, 15) is 14.0 Å². The van der Waals surface area contributed by atoms with E-state index >= 15 is 0 Å². The number of H-pyrrole nitrogens is 1. The van der Waals surface area contributed by atoms with Gasteiger partial charge < -0.3 is 9.88 Å². The Hall–Kier alpha value is -3.88.